The van der Waals surface area contributed by atoms with Crippen LogP contribution in [0.1, 0.15) is 38.8 Å². The number of hydrogen-bond acceptors (Lipinski definition) is 5. The van der Waals surface area contributed by atoms with E-state index in [0.29, 0.717) is 26.4 Å². The second-order valence-corrected chi connectivity index (χ2v) is 6.33. The highest BCUT2D eigenvalue weighted by Gasteiger charge is 2.28. The van der Waals surface area contributed by atoms with Crippen molar-refractivity contribution in [3.05, 3.63) is 30.1 Å². The number of nitrogens with zero attached hydrogens (tertiary/aromatic N) is 2. The Bertz CT molecular complexity index is 496. The van der Waals surface area contributed by atoms with Gasteiger partial charge in [-0.05, 0) is 58.3 Å². The van der Waals surface area contributed by atoms with Gasteiger partial charge in [-0.25, -0.2) is 0 Å². The average molecular weight is 386 g/mol. The summed E-state index contributed by atoms with van der Waals surface area (Å²) >= 11 is 0. The molecule has 148 valence electrons. The third-order valence-corrected chi connectivity index (χ3v) is 4.47. The quantitative estimate of drug-likeness (QED) is 0.661. The van der Waals surface area contributed by atoms with Crippen molar-refractivity contribution in [3.8, 4) is 0 Å². The predicted octanol–water partition coefficient (Wildman–Crippen LogP) is 2.42. The number of aromatic nitrogens is 1. The van der Waals surface area contributed by atoms with E-state index in [1.165, 1.54) is 0 Å². The van der Waals surface area contributed by atoms with E-state index in [4.69, 9.17) is 9.47 Å². The molecule has 0 saturated carbocycles. The van der Waals surface area contributed by atoms with Gasteiger partial charge in [0.25, 0.3) is 5.91 Å². The maximum atomic E-state index is 13.0. The molecule has 1 amide bonds. The van der Waals surface area contributed by atoms with E-state index in [0.717, 1.165) is 38.0 Å². The van der Waals surface area contributed by atoms with Gasteiger partial charge < -0.3 is 19.7 Å². The molecule has 26 heavy (non-hydrogen) atoms. The Morgan fingerprint density at radius 2 is 2.19 bits per heavy atom. The van der Waals surface area contributed by atoms with Gasteiger partial charge in [0.2, 0.25) is 0 Å². The molecule has 0 bridgehead atoms. The smallest absolute Gasteiger partial charge is 0.252 e. The van der Waals surface area contributed by atoms with Crippen LogP contribution in [0.2, 0.25) is 0 Å². The lowest BCUT2D eigenvalue weighted by Crippen LogP contribution is -2.45. The molecule has 0 aromatic carbocycles. The zero-order chi connectivity index (χ0) is 17.9. The molecule has 2 heterocycles. The Balaban J connectivity index is 0.00000338. The van der Waals surface area contributed by atoms with Crippen molar-refractivity contribution in [1.82, 2.24) is 15.2 Å². The predicted molar refractivity (Wildman–Crippen MR) is 104 cm³/mol. The number of amides is 1. The maximum absolute atomic E-state index is 13.0. The van der Waals surface area contributed by atoms with Crippen LogP contribution in [0.15, 0.2) is 24.4 Å². The minimum atomic E-state index is -0.472. The number of halogens is 1. The number of hydrogen-bond donors (Lipinski definition) is 1. The summed E-state index contributed by atoms with van der Waals surface area (Å²) in [4.78, 5) is 19.4. The minimum absolute atomic E-state index is 0. The van der Waals surface area contributed by atoms with Crippen molar-refractivity contribution in [2.75, 3.05) is 32.9 Å². The third-order valence-electron chi connectivity index (χ3n) is 4.47. The van der Waals surface area contributed by atoms with E-state index in [9.17, 15) is 4.79 Å². The minimum Gasteiger partial charge on any atom is -0.379 e. The molecule has 1 N–H and O–H groups in total. The Hall–Kier alpha value is -1.21. The van der Waals surface area contributed by atoms with Crippen LogP contribution in [-0.4, -0.2) is 60.8 Å². The Morgan fingerprint density at radius 1 is 1.35 bits per heavy atom. The van der Waals surface area contributed by atoms with Crippen LogP contribution in [-0.2, 0) is 20.8 Å². The van der Waals surface area contributed by atoms with Gasteiger partial charge in [0.05, 0.1) is 25.5 Å². The molecule has 1 fully saturated rings. The number of carbonyl (C=O) groups excluding carboxylic acids is 1. The second kappa shape index (κ2) is 13.0. The first kappa shape index (κ1) is 22.8. The van der Waals surface area contributed by atoms with E-state index < -0.39 is 6.10 Å². The fourth-order valence-electron chi connectivity index (χ4n) is 3.10. The molecule has 1 aromatic heterocycles. The lowest BCUT2D eigenvalue weighted by Gasteiger charge is -2.33. The molecule has 6 nitrogen and oxygen atoms in total. The normalized spacial score (nSPS) is 18.5. The van der Waals surface area contributed by atoms with Gasteiger partial charge in [0.1, 0.15) is 6.10 Å². The molecular formula is C19H32ClN3O3. The van der Waals surface area contributed by atoms with Crippen LogP contribution in [0.3, 0.4) is 0 Å². The van der Waals surface area contributed by atoms with Crippen LogP contribution >= 0.6 is 12.4 Å². The highest BCUT2D eigenvalue weighted by Crippen LogP contribution is 2.18. The fraction of sp³-hybridized carbons (Fsp3) is 0.684. The van der Waals surface area contributed by atoms with Gasteiger partial charge in [-0.1, -0.05) is 6.07 Å². The number of carbonyl (C=O) groups is 1. The van der Waals surface area contributed by atoms with Gasteiger partial charge >= 0.3 is 0 Å². The van der Waals surface area contributed by atoms with Gasteiger partial charge in [0, 0.05) is 18.8 Å². The topological polar surface area (TPSA) is 63.7 Å². The average Bonchev–Trinajstić information content (AvgIpc) is 2.92. The van der Waals surface area contributed by atoms with E-state index in [1.807, 2.05) is 36.9 Å². The summed E-state index contributed by atoms with van der Waals surface area (Å²) in [7, 11) is 0. The van der Waals surface area contributed by atoms with Crippen LogP contribution in [0, 0.1) is 0 Å². The standard InChI is InChI=1S/C19H31N3O3.ClH/c1-3-24-13-14-25-16(2)19(23)22(15-17-7-4-5-11-21-17)18-8-6-10-20-12-9-18;/h4-5,7,11,16,18,20H,3,6,8-10,12-15H2,1-2H3;1H. The monoisotopic (exact) mass is 385 g/mol. The van der Waals surface area contributed by atoms with Crippen molar-refractivity contribution >= 4 is 18.3 Å². The van der Waals surface area contributed by atoms with Crippen molar-refractivity contribution in [1.29, 1.82) is 0 Å². The fourth-order valence-corrected chi connectivity index (χ4v) is 3.10. The van der Waals surface area contributed by atoms with E-state index in [1.54, 1.807) is 6.20 Å². The summed E-state index contributed by atoms with van der Waals surface area (Å²) in [5.74, 6) is 0.0362. The molecule has 2 rings (SSSR count). The second-order valence-electron chi connectivity index (χ2n) is 6.33. The van der Waals surface area contributed by atoms with E-state index in [-0.39, 0.29) is 24.4 Å². The molecule has 7 heteroatoms. The lowest BCUT2D eigenvalue weighted by molar-refractivity contribution is -0.147. The van der Waals surface area contributed by atoms with Crippen LogP contribution in [0.25, 0.3) is 0 Å². The molecule has 1 saturated heterocycles. The molecule has 1 aliphatic heterocycles. The summed E-state index contributed by atoms with van der Waals surface area (Å²) in [6, 6.07) is 6.05. The highest BCUT2D eigenvalue weighted by atomic mass is 35.5. The van der Waals surface area contributed by atoms with E-state index in [2.05, 4.69) is 10.3 Å². The number of rotatable bonds is 9. The highest BCUT2D eigenvalue weighted by molar-refractivity contribution is 5.85. The SMILES string of the molecule is CCOCCOC(C)C(=O)N(Cc1ccccn1)C1CCCNCC1.Cl. The van der Waals surface area contributed by atoms with Gasteiger partial charge in [-0.3, -0.25) is 9.78 Å². The summed E-state index contributed by atoms with van der Waals surface area (Å²) < 4.78 is 11.0. The Labute approximate surface area is 163 Å². The summed E-state index contributed by atoms with van der Waals surface area (Å²) in [6.45, 7) is 7.87. The first-order valence-corrected chi connectivity index (χ1v) is 9.32. The maximum Gasteiger partial charge on any atom is 0.252 e. The van der Waals surface area contributed by atoms with Gasteiger partial charge in [0.15, 0.2) is 0 Å². The van der Waals surface area contributed by atoms with Crippen molar-refractivity contribution in [3.63, 3.8) is 0 Å². The zero-order valence-electron chi connectivity index (χ0n) is 15.9. The first-order valence-electron chi connectivity index (χ1n) is 9.32. The molecule has 0 spiro atoms. The molecule has 0 radical (unpaired) electrons. The van der Waals surface area contributed by atoms with Crippen molar-refractivity contribution in [2.45, 2.75) is 51.8 Å². The zero-order valence-corrected chi connectivity index (χ0v) is 16.7. The number of pyridine rings is 1. The van der Waals surface area contributed by atoms with Crippen LogP contribution < -0.4 is 5.32 Å². The number of ether oxygens (including phenoxy) is 2. The molecular weight excluding hydrogens is 354 g/mol. The molecule has 1 aliphatic rings. The van der Waals surface area contributed by atoms with E-state index >= 15 is 0 Å². The molecule has 0 aliphatic carbocycles. The summed E-state index contributed by atoms with van der Waals surface area (Å²) in [6.07, 6.45) is 4.35. The molecule has 2 unspecified atom stereocenters. The Morgan fingerprint density at radius 3 is 2.92 bits per heavy atom. The molecule has 1 aromatic rings. The third kappa shape index (κ3) is 7.58. The summed E-state index contributed by atoms with van der Waals surface area (Å²) in [5.41, 5.74) is 0.912. The largest absolute Gasteiger partial charge is 0.379 e. The van der Waals surface area contributed by atoms with Gasteiger partial charge in [-0.15, -0.1) is 12.4 Å². The van der Waals surface area contributed by atoms with Gasteiger partial charge in [-0.2, -0.15) is 0 Å². The summed E-state index contributed by atoms with van der Waals surface area (Å²) in [5, 5.41) is 3.41. The van der Waals surface area contributed by atoms with Crippen LogP contribution in [0.5, 0.6) is 0 Å². The van der Waals surface area contributed by atoms with Crippen molar-refractivity contribution in [2.24, 2.45) is 0 Å². The van der Waals surface area contributed by atoms with Crippen molar-refractivity contribution < 1.29 is 14.3 Å². The first-order chi connectivity index (χ1) is 12.2. The number of nitrogens with one attached hydrogen (secondary N) is 1. The molecule has 2 atom stereocenters. The lowest BCUT2D eigenvalue weighted by atomic mass is 10.1. The Kier molecular flexibility index (Phi) is 11.4. The van der Waals surface area contributed by atoms with Crippen LogP contribution in [0.4, 0.5) is 0 Å².